The number of nitrogen functional groups attached to an aromatic ring is 1. The Bertz CT molecular complexity index is 592. The van der Waals surface area contributed by atoms with Crippen LogP contribution in [0.1, 0.15) is 0 Å². The minimum Gasteiger partial charge on any atom is -0.381 e. The maximum absolute atomic E-state index is 12.7. The number of carbonyl (C=O) groups is 1. The van der Waals surface area contributed by atoms with Crippen LogP contribution in [0.2, 0.25) is 0 Å². The average Bonchev–Trinajstić information content (AvgIpc) is 2.77. The number of nitrogens with one attached hydrogen (secondary N) is 1. The van der Waals surface area contributed by atoms with Gasteiger partial charge in [-0.15, -0.1) is 0 Å². The molecule has 2 heterocycles. The average molecular weight is 303 g/mol. The van der Waals surface area contributed by atoms with E-state index in [1.54, 1.807) is 0 Å². The van der Waals surface area contributed by atoms with Gasteiger partial charge in [0.05, 0.1) is 19.5 Å². The summed E-state index contributed by atoms with van der Waals surface area (Å²) in [6.07, 6.45) is 1.32. The molecule has 20 heavy (non-hydrogen) atoms. The Morgan fingerprint density at radius 2 is 2.30 bits per heavy atom. The largest absolute Gasteiger partial charge is 0.381 e. The number of ether oxygens (including phenoxy) is 1. The number of imidazole rings is 1. The molecule has 112 valence electrons. The number of likely N-dealkylation sites (N-methyl/N-ethyl adjacent to an activating group) is 1. The number of amides is 1. The summed E-state index contributed by atoms with van der Waals surface area (Å²) in [4.78, 5) is 15.6. The number of aryl methyl sites for hydroxylation is 1. The topological polar surface area (TPSA) is 120 Å². The van der Waals surface area contributed by atoms with Gasteiger partial charge in [-0.3, -0.25) is 4.79 Å². The van der Waals surface area contributed by atoms with Gasteiger partial charge in [0.2, 0.25) is 5.91 Å². The first-order valence-corrected chi connectivity index (χ1v) is 7.41. The van der Waals surface area contributed by atoms with Gasteiger partial charge in [-0.05, 0) is 0 Å². The molecule has 1 aliphatic rings. The van der Waals surface area contributed by atoms with Crippen molar-refractivity contribution in [3.8, 4) is 0 Å². The highest BCUT2D eigenvalue weighted by Gasteiger charge is 2.40. The Labute approximate surface area is 116 Å². The van der Waals surface area contributed by atoms with E-state index >= 15 is 0 Å². The quantitative estimate of drug-likeness (QED) is 0.675. The number of nitrogens with zero attached hydrogens (tertiary/aromatic N) is 3. The molecule has 0 aromatic carbocycles. The number of hydrogen-bond acceptors (Lipinski definition) is 6. The third kappa shape index (κ3) is 2.37. The summed E-state index contributed by atoms with van der Waals surface area (Å²) < 4.78 is 32.9. The monoisotopic (exact) mass is 303 g/mol. The summed E-state index contributed by atoms with van der Waals surface area (Å²) in [6.45, 7) is 0.326. The molecule has 1 saturated heterocycles. The molecule has 0 aliphatic carbocycles. The van der Waals surface area contributed by atoms with E-state index in [4.69, 9.17) is 10.5 Å². The van der Waals surface area contributed by atoms with E-state index in [0.717, 1.165) is 4.31 Å². The minimum absolute atomic E-state index is 0.0106. The van der Waals surface area contributed by atoms with E-state index in [2.05, 4.69) is 10.3 Å². The molecule has 9 nitrogen and oxygen atoms in total. The van der Waals surface area contributed by atoms with Crippen molar-refractivity contribution < 1.29 is 17.9 Å². The van der Waals surface area contributed by atoms with Crippen LogP contribution in [0.25, 0.3) is 0 Å². The van der Waals surface area contributed by atoms with Crippen molar-refractivity contribution in [2.45, 2.75) is 11.1 Å². The maximum Gasteiger partial charge on any atom is 0.263 e. The highest BCUT2D eigenvalue weighted by Crippen LogP contribution is 2.24. The number of anilines is 1. The molecule has 1 unspecified atom stereocenters. The van der Waals surface area contributed by atoms with E-state index in [9.17, 15) is 13.2 Å². The Balaban J connectivity index is 2.44. The van der Waals surface area contributed by atoms with Crippen molar-refractivity contribution in [3.63, 3.8) is 0 Å². The number of morpholine rings is 1. The van der Waals surface area contributed by atoms with Gasteiger partial charge in [-0.2, -0.15) is 4.31 Å². The minimum atomic E-state index is -3.92. The van der Waals surface area contributed by atoms with Crippen molar-refractivity contribution in [2.75, 3.05) is 32.5 Å². The Morgan fingerprint density at radius 1 is 1.60 bits per heavy atom. The normalized spacial score (nSPS) is 20.8. The molecule has 1 aliphatic heterocycles. The highest BCUT2D eigenvalue weighted by molar-refractivity contribution is 7.89. The number of carbonyl (C=O) groups excluding carboxylic acids is 1. The van der Waals surface area contributed by atoms with Crippen molar-refractivity contribution in [2.24, 2.45) is 7.05 Å². The van der Waals surface area contributed by atoms with Crippen LogP contribution in [-0.2, 0) is 26.6 Å². The van der Waals surface area contributed by atoms with E-state index < -0.39 is 22.0 Å². The van der Waals surface area contributed by atoms with Gasteiger partial charge >= 0.3 is 0 Å². The van der Waals surface area contributed by atoms with E-state index in [-0.39, 0.29) is 30.6 Å². The zero-order chi connectivity index (χ0) is 14.9. The summed E-state index contributed by atoms with van der Waals surface area (Å²) in [5.41, 5.74) is 5.62. The van der Waals surface area contributed by atoms with Crippen LogP contribution in [0.4, 0.5) is 5.82 Å². The smallest absolute Gasteiger partial charge is 0.263 e. The van der Waals surface area contributed by atoms with Crippen LogP contribution >= 0.6 is 0 Å². The van der Waals surface area contributed by atoms with E-state index in [1.165, 1.54) is 25.0 Å². The van der Waals surface area contributed by atoms with Crippen molar-refractivity contribution in [3.05, 3.63) is 6.33 Å². The Hall–Kier alpha value is -1.65. The standard InChI is InChI=1S/C10H17N5O4S/c1-12-9(16)7-5-19-4-3-15(7)20(17,18)10-8(11)13-6-14(10)2/h6-7H,3-5,11H2,1-2H3,(H,12,16). The third-order valence-electron chi connectivity index (χ3n) is 3.09. The van der Waals surface area contributed by atoms with Crippen molar-refractivity contribution in [1.29, 1.82) is 0 Å². The van der Waals surface area contributed by atoms with Crippen LogP contribution in [0.15, 0.2) is 11.4 Å². The molecule has 0 bridgehead atoms. The zero-order valence-corrected chi connectivity index (χ0v) is 12.1. The van der Waals surface area contributed by atoms with E-state index in [1.807, 2.05) is 0 Å². The first-order valence-electron chi connectivity index (χ1n) is 5.97. The number of nitrogens with two attached hydrogens (primary N) is 1. The summed E-state index contributed by atoms with van der Waals surface area (Å²) >= 11 is 0. The molecule has 0 radical (unpaired) electrons. The molecule has 2 rings (SSSR count). The number of sulfonamides is 1. The summed E-state index contributed by atoms with van der Waals surface area (Å²) in [7, 11) is -0.938. The molecule has 10 heteroatoms. The van der Waals surface area contributed by atoms with Gasteiger partial charge in [-0.1, -0.05) is 0 Å². The van der Waals surface area contributed by atoms with E-state index in [0.29, 0.717) is 0 Å². The highest BCUT2D eigenvalue weighted by atomic mass is 32.2. The molecule has 1 fully saturated rings. The molecule has 1 aromatic rings. The second-order valence-electron chi connectivity index (χ2n) is 4.37. The molecule has 1 aromatic heterocycles. The second kappa shape index (κ2) is 5.38. The summed E-state index contributed by atoms with van der Waals surface area (Å²) in [6, 6.07) is -0.909. The first-order chi connectivity index (χ1) is 9.39. The van der Waals surface area contributed by atoms with Crippen LogP contribution < -0.4 is 11.1 Å². The lowest BCUT2D eigenvalue weighted by molar-refractivity contribution is -0.128. The molecular formula is C10H17N5O4S. The number of hydrogen-bond donors (Lipinski definition) is 2. The fourth-order valence-electron chi connectivity index (χ4n) is 2.11. The molecule has 1 amide bonds. The molecule has 1 atom stereocenters. The number of rotatable bonds is 3. The molecular weight excluding hydrogens is 286 g/mol. The van der Waals surface area contributed by atoms with Gasteiger partial charge in [0, 0.05) is 20.6 Å². The fourth-order valence-corrected chi connectivity index (χ4v) is 3.87. The van der Waals surface area contributed by atoms with Crippen LogP contribution in [0.5, 0.6) is 0 Å². The maximum atomic E-state index is 12.7. The zero-order valence-electron chi connectivity index (χ0n) is 11.2. The third-order valence-corrected chi connectivity index (χ3v) is 5.13. The Kier molecular flexibility index (Phi) is 3.97. The predicted molar refractivity (Wildman–Crippen MR) is 70.2 cm³/mol. The van der Waals surface area contributed by atoms with Gasteiger partial charge in [-0.25, -0.2) is 13.4 Å². The lowest BCUT2D eigenvalue weighted by Crippen LogP contribution is -2.55. The Morgan fingerprint density at radius 3 is 2.85 bits per heavy atom. The second-order valence-corrected chi connectivity index (χ2v) is 6.17. The summed E-state index contributed by atoms with van der Waals surface area (Å²) in [5, 5.41) is 2.32. The van der Waals surface area contributed by atoms with Crippen LogP contribution in [0.3, 0.4) is 0 Å². The van der Waals surface area contributed by atoms with Crippen LogP contribution in [0, 0.1) is 0 Å². The lowest BCUT2D eigenvalue weighted by atomic mass is 10.2. The lowest BCUT2D eigenvalue weighted by Gasteiger charge is -2.33. The summed E-state index contributed by atoms with van der Waals surface area (Å²) in [5.74, 6) is -0.510. The predicted octanol–water partition coefficient (Wildman–Crippen LogP) is -1.86. The van der Waals surface area contributed by atoms with Crippen molar-refractivity contribution in [1.82, 2.24) is 19.2 Å². The molecule has 3 N–H and O–H groups in total. The van der Waals surface area contributed by atoms with Gasteiger partial charge in [0.15, 0.2) is 10.8 Å². The molecule has 0 saturated carbocycles. The van der Waals surface area contributed by atoms with Crippen LogP contribution in [-0.4, -0.2) is 61.0 Å². The fraction of sp³-hybridized carbons (Fsp3) is 0.600. The number of aromatic nitrogens is 2. The SMILES string of the molecule is CNC(=O)C1COCCN1S(=O)(=O)c1c(N)ncn1C. The van der Waals surface area contributed by atoms with Gasteiger partial charge in [0.1, 0.15) is 6.04 Å². The van der Waals surface area contributed by atoms with Gasteiger partial charge in [0.25, 0.3) is 10.0 Å². The molecule has 0 spiro atoms. The first kappa shape index (κ1) is 14.8. The van der Waals surface area contributed by atoms with Gasteiger partial charge < -0.3 is 20.4 Å². The van der Waals surface area contributed by atoms with Crippen molar-refractivity contribution >= 4 is 21.7 Å².